The maximum absolute atomic E-state index is 13.9. The lowest BCUT2D eigenvalue weighted by molar-refractivity contribution is -0.113. The van der Waals surface area contributed by atoms with E-state index in [9.17, 15) is 18.4 Å². The molecule has 2 N–H and O–H groups in total. The lowest BCUT2D eigenvalue weighted by Gasteiger charge is -2.14. The van der Waals surface area contributed by atoms with Crippen LogP contribution in [0.1, 0.15) is 29.1 Å². The summed E-state index contributed by atoms with van der Waals surface area (Å²) in [7, 11) is 1.68. The summed E-state index contributed by atoms with van der Waals surface area (Å²) in [6.45, 7) is 1.72. The number of rotatable bonds is 7. The van der Waals surface area contributed by atoms with Gasteiger partial charge in [0.25, 0.3) is 5.91 Å². The van der Waals surface area contributed by atoms with Gasteiger partial charge in [0.05, 0.1) is 28.1 Å². The fourth-order valence-electron chi connectivity index (χ4n) is 2.81. The van der Waals surface area contributed by atoms with Crippen molar-refractivity contribution in [2.45, 2.75) is 18.1 Å². The molecule has 0 saturated heterocycles. The molecule has 0 radical (unpaired) electrons. The Kier molecular flexibility index (Phi) is 8.33. The Balaban J connectivity index is 1.62. The van der Waals surface area contributed by atoms with E-state index >= 15 is 0 Å². The van der Waals surface area contributed by atoms with E-state index in [-0.39, 0.29) is 26.5 Å². The minimum Gasteiger partial charge on any atom is -0.342 e. The Morgan fingerprint density at radius 1 is 1.21 bits per heavy atom. The van der Waals surface area contributed by atoms with Gasteiger partial charge in [0.1, 0.15) is 5.82 Å². The van der Waals surface area contributed by atoms with Crippen LogP contribution in [0, 0.1) is 11.6 Å². The average molecular weight is 579 g/mol. The number of halogens is 5. The number of hydrogen-bond donors (Lipinski definition) is 2. The molecule has 0 aliphatic rings. The lowest BCUT2D eigenvalue weighted by atomic mass is 10.2. The molecule has 0 fully saturated rings. The SMILES string of the molecule is C[C@@H](NC(=O)c1ccc(Cl)cc1Cl)c1nnc(SCC(=O)Nc2c(F)cc(F)cc2Br)n1C. The van der Waals surface area contributed by atoms with Crippen LogP contribution in [0.4, 0.5) is 14.5 Å². The molecule has 1 atom stereocenters. The number of thioether (sulfide) groups is 1. The number of nitrogens with one attached hydrogen (secondary N) is 2. The van der Waals surface area contributed by atoms with Crippen molar-refractivity contribution in [3.8, 4) is 0 Å². The number of hydrogen-bond acceptors (Lipinski definition) is 5. The molecule has 33 heavy (non-hydrogen) atoms. The largest absolute Gasteiger partial charge is 0.342 e. The zero-order valence-electron chi connectivity index (χ0n) is 17.1. The van der Waals surface area contributed by atoms with Crippen molar-refractivity contribution in [3.63, 3.8) is 0 Å². The molecular weight excluding hydrogens is 563 g/mol. The summed E-state index contributed by atoms with van der Waals surface area (Å²) < 4.78 is 28.8. The molecule has 0 aliphatic heterocycles. The monoisotopic (exact) mass is 577 g/mol. The average Bonchev–Trinajstić information content (AvgIpc) is 3.09. The highest BCUT2D eigenvalue weighted by Gasteiger charge is 2.21. The molecule has 1 heterocycles. The minimum absolute atomic E-state index is 0.0876. The van der Waals surface area contributed by atoms with Crippen molar-refractivity contribution in [1.29, 1.82) is 0 Å². The van der Waals surface area contributed by atoms with Crippen molar-refractivity contribution in [2.75, 3.05) is 11.1 Å². The van der Waals surface area contributed by atoms with Crippen LogP contribution >= 0.6 is 50.9 Å². The fraction of sp³-hybridized carbons (Fsp3) is 0.200. The van der Waals surface area contributed by atoms with E-state index in [1.807, 2.05) is 0 Å². The summed E-state index contributed by atoms with van der Waals surface area (Å²) in [4.78, 5) is 24.8. The van der Waals surface area contributed by atoms with E-state index in [2.05, 4.69) is 36.8 Å². The molecule has 1 aromatic heterocycles. The first-order valence-electron chi connectivity index (χ1n) is 9.29. The number of amides is 2. The van der Waals surface area contributed by atoms with E-state index in [0.29, 0.717) is 22.1 Å². The highest BCUT2D eigenvalue weighted by Crippen LogP contribution is 2.28. The molecule has 0 bridgehead atoms. The molecule has 13 heteroatoms. The third kappa shape index (κ3) is 6.23. The molecular formula is C20H16BrCl2F2N5O2S. The Bertz CT molecular complexity index is 1200. The molecule has 0 spiro atoms. The Morgan fingerprint density at radius 3 is 2.61 bits per heavy atom. The van der Waals surface area contributed by atoms with Crippen molar-refractivity contribution in [2.24, 2.45) is 7.05 Å². The van der Waals surface area contributed by atoms with Gasteiger partial charge in [-0.25, -0.2) is 8.78 Å². The number of nitrogens with zero attached hydrogens (tertiary/aromatic N) is 3. The van der Waals surface area contributed by atoms with E-state index in [1.165, 1.54) is 12.1 Å². The summed E-state index contributed by atoms with van der Waals surface area (Å²) in [6, 6.07) is 5.76. The van der Waals surface area contributed by atoms with Gasteiger partial charge >= 0.3 is 0 Å². The molecule has 7 nitrogen and oxygen atoms in total. The van der Waals surface area contributed by atoms with Gasteiger partial charge in [-0.2, -0.15) is 0 Å². The van der Waals surface area contributed by atoms with Gasteiger partial charge < -0.3 is 15.2 Å². The third-order valence-corrected chi connectivity index (χ3v) is 6.58. The normalized spacial score (nSPS) is 11.8. The van der Waals surface area contributed by atoms with Gasteiger partial charge in [-0.3, -0.25) is 9.59 Å². The summed E-state index contributed by atoms with van der Waals surface area (Å²) in [5.41, 5.74) is 0.110. The lowest BCUT2D eigenvalue weighted by Crippen LogP contribution is -2.28. The quantitative estimate of drug-likeness (QED) is 0.367. The van der Waals surface area contributed by atoms with Crippen LogP contribution in [0.25, 0.3) is 0 Å². The Hall–Kier alpha value is -2.21. The van der Waals surface area contributed by atoms with Crippen LogP contribution in [0.5, 0.6) is 0 Å². The fourth-order valence-corrected chi connectivity index (χ4v) is 4.53. The van der Waals surface area contributed by atoms with Crippen LogP contribution in [0.2, 0.25) is 10.0 Å². The molecule has 3 aromatic rings. The standard InChI is InChI=1S/C20H16BrCl2F2N5O2S/c1-9(26-19(32)12-4-3-10(22)5-14(12)23)18-28-29-20(30(18)2)33-8-16(31)27-17-13(21)6-11(24)7-15(17)25/h3-7,9H,8H2,1-2H3,(H,26,32)(H,27,31)/t9-/m1/s1. The van der Waals surface area contributed by atoms with Crippen LogP contribution in [0.15, 0.2) is 40.0 Å². The van der Waals surface area contributed by atoms with Crippen LogP contribution in [-0.2, 0) is 11.8 Å². The molecule has 2 aromatic carbocycles. The van der Waals surface area contributed by atoms with Gasteiger partial charge in [0.15, 0.2) is 16.8 Å². The van der Waals surface area contributed by atoms with E-state index in [1.54, 1.807) is 24.6 Å². The maximum Gasteiger partial charge on any atom is 0.253 e. The molecule has 0 unspecified atom stereocenters. The van der Waals surface area contributed by atoms with Crippen LogP contribution < -0.4 is 10.6 Å². The Morgan fingerprint density at radius 2 is 1.94 bits per heavy atom. The third-order valence-electron chi connectivity index (χ3n) is 4.38. The van der Waals surface area contributed by atoms with E-state index in [4.69, 9.17) is 23.2 Å². The zero-order chi connectivity index (χ0) is 24.3. The van der Waals surface area contributed by atoms with Crippen LogP contribution in [0.3, 0.4) is 0 Å². The summed E-state index contributed by atoms with van der Waals surface area (Å²) in [5, 5.41) is 14.3. The number of carbonyl (C=O) groups excluding carboxylic acids is 2. The zero-order valence-corrected chi connectivity index (χ0v) is 21.0. The van der Waals surface area contributed by atoms with E-state index < -0.39 is 29.5 Å². The highest BCUT2D eigenvalue weighted by molar-refractivity contribution is 9.10. The summed E-state index contributed by atoms with van der Waals surface area (Å²) in [6.07, 6.45) is 0. The maximum atomic E-state index is 13.9. The topological polar surface area (TPSA) is 88.9 Å². The van der Waals surface area contributed by atoms with Crippen molar-refractivity contribution >= 4 is 68.4 Å². The first-order valence-corrected chi connectivity index (χ1v) is 11.8. The second-order valence-corrected chi connectivity index (χ2v) is 9.44. The van der Waals surface area contributed by atoms with Gasteiger partial charge in [0, 0.05) is 22.6 Å². The predicted octanol–water partition coefficient (Wildman–Crippen LogP) is 5.38. The van der Waals surface area contributed by atoms with Gasteiger partial charge in [-0.15, -0.1) is 10.2 Å². The number of anilines is 1. The second-order valence-electron chi connectivity index (χ2n) is 6.80. The van der Waals surface area contributed by atoms with Gasteiger partial charge in [-0.05, 0) is 47.1 Å². The van der Waals surface area contributed by atoms with Crippen molar-refractivity contribution in [1.82, 2.24) is 20.1 Å². The second kappa shape index (κ2) is 10.8. The Labute approximate surface area is 210 Å². The van der Waals surface area contributed by atoms with Gasteiger partial charge in [0.2, 0.25) is 5.91 Å². The first kappa shape index (κ1) is 25.4. The minimum atomic E-state index is -0.897. The van der Waals surface area contributed by atoms with Crippen molar-refractivity contribution < 1.29 is 18.4 Å². The van der Waals surface area contributed by atoms with Gasteiger partial charge in [-0.1, -0.05) is 35.0 Å². The smallest absolute Gasteiger partial charge is 0.253 e. The molecule has 2 amide bonds. The molecule has 0 saturated carbocycles. The number of benzene rings is 2. The summed E-state index contributed by atoms with van der Waals surface area (Å²) >= 11 is 16.0. The van der Waals surface area contributed by atoms with E-state index in [0.717, 1.165) is 17.8 Å². The van der Waals surface area contributed by atoms with Crippen LogP contribution in [-0.4, -0.2) is 32.3 Å². The first-order chi connectivity index (χ1) is 15.6. The predicted molar refractivity (Wildman–Crippen MR) is 127 cm³/mol. The van der Waals surface area contributed by atoms with Crippen molar-refractivity contribution in [3.05, 3.63) is 67.9 Å². The molecule has 174 valence electrons. The summed E-state index contributed by atoms with van der Waals surface area (Å²) in [5.74, 6) is -2.24. The highest BCUT2D eigenvalue weighted by atomic mass is 79.9. The number of aromatic nitrogens is 3. The number of carbonyl (C=O) groups is 2. The molecule has 0 aliphatic carbocycles. The molecule has 3 rings (SSSR count).